The maximum Gasteiger partial charge on any atom is 0.708 e. The Labute approximate surface area is 186 Å². The molecule has 0 saturated carbocycles. The molecular formula is C22H33O7P2+. The fourth-order valence-electron chi connectivity index (χ4n) is 2.57. The summed E-state index contributed by atoms with van der Waals surface area (Å²) in [6.07, 6.45) is 10.7. The number of rotatable bonds is 14. The van der Waals surface area contributed by atoms with Crippen molar-refractivity contribution in [3.63, 3.8) is 0 Å². The Bertz CT molecular complexity index is 849. The first kappa shape index (κ1) is 27.4. The van der Waals surface area contributed by atoms with Gasteiger partial charge in [0.15, 0.2) is 0 Å². The third-order valence-electron chi connectivity index (χ3n) is 4.27. The van der Waals surface area contributed by atoms with E-state index in [0.29, 0.717) is 17.9 Å². The van der Waals surface area contributed by atoms with Crippen LogP contribution in [0.2, 0.25) is 0 Å². The predicted octanol–water partition coefficient (Wildman–Crippen LogP) is 6.77. The monoisotopic (exact) mass is 471 g/mol. The van der Waals surface area contributed by atoms with Gasteiger partial charge in [-0.05, 0) is 69.8 Å². The summed E-state index contributed by atoms with van der Waals surface area (Å²) in [4.78, 5) is 17.3. The summed E-state index contributed by atoms with van der Waals surface area (Å²) in [5.74, 6) is 0.543. The maximum atomic E-state index is 11.4. The second-order valence-corrected chi connectivity index (χ2v) is 9.79. The SMILES string of the molecule is CC(C)=CCC/C=C(\C)CC/C(C)=C/COc1ccccc1CO[P+](=O)OP(=O)(O)O. The number of allylic oxidation sites excluding steroid dienone is 5. The van der Waals surface area contributed by atoms with Gasteiger partial charge in [0.05, 0.1) is 0 Å². The lowest BCUT2D eigenvalue weighted by atomic mass is 10.1. The molecular weight excluding hydrogens is 438 g/mol. The molecule has 0 bridgehead atoms. The molecule has 0 saturated heterocycles. The smallest absolute Gasteiger partial charge is 0.489 e. The summed E-state index contributed by atoms with van der Waals surface area (Å²) in [6.45, 7) is 8.66. The Kier molecular flexibility index (Phi) is 12.8. The van der Waals surface area contributed by atoms with E-state index < -0.39 is 16.1 Å². The molecule has 1 aromatic carbocycles. The van der Waals surface area contributed by atoms with Gasteiger partial charge >= 0.3 is 16.1 Å². The van der Waals surface area contributed by atoms with Crippen molar-refractivity contribution in [2.45, 2.75) is 60.0 Å². The summed E-state index contributed by atoms with van der Waals surface area (Å²) in [5.41, 5.74) is 4.55. The molecule has 0 aromatic heterocycles. The lowest BCUT2D eigenvalue weighted by molar-refractivity contribution is 0.233. The quantitative estimate of drug-likeness (QED) is 0.175. The van der Waals surface area contributed by atoms with Gasteiger partial charge in [0.25, 0.3) is 0 Å². The van der Waals surface area contributed by atoms with Gasteiger partial charge in [-0.25, -0.2) is 4.57 Å². The first-order valence-electron chi connectivity index (χ1n) is 10.1. The van der Waals surface area contributed by atoms with Gasteiger partial charge in [0, 0.05) is 10.1 Å². The van der Waals surface area contributed by atoms with E-state index in [1.165, 1.54) is 16.7 Å². The van der Waals surface area contributed by atoms with Crippen molar-refractivity contribution in [3.8, 4) is 5.75 Å². The van der Waals surface area contributed by atoms with Crippen LogP contribution in [0.5, 0.6) is 5.75 Å². The van der Waals surface area contributed by atoms with Gasteiger partial charge in [-0.2, -0.15) is 0 Å². The van der Waals surface area contributed by atoms with E-state index in [0.717, 1.165) is 25.7 Å². The molecule has 31 heavy (non-hydrogen) atoms. The number of hydrogen-bond acceptors (Lipinski definition) is 5. The molecule has 9 heteroatoms. The molecule has 0 aliphatic heterocycles. The van der Waals surface area contributed by atoms with Crippen LogP contribution in [0.25, 0.3) is 0 Å². The van der Waals surface area contributed by atoms with Crippen LogP contribution < -0.4 is 4.74 Å². The minimum Gasteiger partial charge on any atom is -0.489 e. The molecule has 7 nitrogen and oxygen atoms in total. The maximum absolute atomic E-state index is 11.4. The summed E-state index contributed by atoms with van der Waals surface area (Å²) >= 11 is 0. The number of para-hydroxylation sites is 1. The van der Waals surface area contributed by atoms with E-state index in [-0.39, 0.29) is 6.61 Å². The van der Waals surface area contributed by atoms with Crippen molar-refractivity contribution in [1.82, 2.24) is 0 Å². The number of benzene rings is 1. The van der Waals surface area contributed by atoms with Crippen LogP contribution >= 0.6 is 16.1 Å². The van der Waals surface area contributed by atoms with E-state index in [9.17, 15) is 9.13 Å². The zero-order valence-corrected chi connectivity index (χ0v) is 20.4. The second kappa shape index (κ2) is 14.5. The molecule has 0 heterocycles. The van der Waals surface area contributed by atoms with Crippen LogP contribution in [0.3, 0.4) is 0 Å². The van der Waals surface area contributed by atoms with Crippen LogP contribution in [-0.2, 0) is 24.6 Å². The molecule has 1 rings (SSSR count). The lowest BCUT2D eigenvalue weighted by Gasteiger charge is -2.09. The van der Waals surface area contributed by atoms with E-state index in [2.05, 4.69) is 44.2 Å². The highest BCUT2D eigenvalue weighted by Gasteiger charge is 2.34. The van der Waals surface area contributed by atoms with Crippen molar-refractivity contribution in [3.05, 3.63) is 64.8 Å². The first-order valence-corrected chi connectivity index (χ1v) is 12.7. The van der Waals surface area contributed by atoms with Crippen molar-refractivity contribution in [1.29, 1.82) is 0 Å². The average molecular weight is 471 g/mol. The van der Waals surface area contributed by atoms with Crippen molar-refractivity contribution in [2.24, 2.45) is 0 Å². The molecule has 0 aliphatic rings. The topological polar surface area (TPSA) is 102 Å². The Morgan fingerprint density at radius 1 is 1.00 bits per heavy atom. The molecule has 0 aliphatic carbocycles. The molecule has 0 fully saturated rings. The van der Waals surface area contributed by atoms with Gasteiger partial charge in [-0.15, -0.1) is 4.52 Å². The van der Waals surface area contributed by atoms with Gasteiger partial charge in [0.2, 0.25) is 0 Å². The lowest BCUT2D eigenvalue weighted by Crippen LogP contribution is -1.99. The van der Waals surface area contributed by atoms with Crippen LogP contribution in [0.15, 0.2) is 59.2 Å². The van der Waals surface area contributed by atoms with Gasteiger partial charge < -0.3 is 14.5 Å². The summed E-state index contributed by atoms with van der Waals surface area (Å²) < 4.78 is 36.8. The van der Waals surface area contributed by atoms with Crippen molar-refractivity contribution in [2.75, 3.05) is 6.61 Å². The molecule has 1 aromatic rings. The normalized spacial score (nSPS) is 13.2. The van der Waals surface area contributed by atoms with E-state index in [1.54, 1.807) is 24.3 Å². The Morgan fingerprint density at radius 3 is 2.26 bits per heavy atom. The second-order valence-electron chi connectivity index (χ2n) is 7.45. The molecule has 0 spiro atoms. The molecule has 0 amide bonds. The largest absolute Gasteiger partial charge is 0.708 e. The van der Waals surface area contributed by atoms with Crippen LogP contribution in [0.4, 0.5) is 0 Å². The summed E-state index contributed by atoms with van der Waals surface area (Å²) in [5, 5.41) is 0. The molecule has 172 valence electrons. The van der Waals surface area contributed by atoms with Gasteiger partial charge in [0.1, 0.15) is 19.0 Å². The highest BCUT2D eigenvalue weighted by molar-refractivity contribution is 7.55. The average Bonchev–Trinajstić information content (AvgIpc) is 2.67. The molecule has 0 radical (unpaired) electrons. The van der Waals surface area contributed by atoms with Gasteiger partial charge in [-0.1, -0.05) is 47.1 Å². The first-order chi connectivity index (χ1) is 14.6. The Balaban J connectivity index is 2.47. The molecule has 2 N–H and O–H groups in total. The predicted molar refractivity (Wildman–Crippen MR) is 123 cm³/mol. The molecule has 1 unspecified atom stereocenters. The van der Waals surface area contributed by atoms with Crippen LogP contribution in [0, 0.1) is 0 Å². The van der Waals surface area contributed by atoms with E-state index >= 15 is 0 Å². The Morgan fingerprint density at radius 2 is 1.61 bits per heavy atom. The van der Waals surface area contributed by atoms with Crippen molar-refractivity contribution < 1.29 is 32.5 Å². The minimum absolute atomic E-state index is 0.162. The summed E-state index contributed by atoms with van der Waals surface area (Å²) in [7, 11) is -7.80. The van der Waals surface area contributed by atoms with Crippen LogP contribution in [0.1, 0.15) is 58.9 Å². The molecule has 1 atom stereocenters. The van der Waals surface area contributed by atoms with E-state index in [1.807, 2.05) is 6.08 Å². The van der Waals surface area contributed by atoms with Gasteiger partial charge in [-0.3, -0.25) is 0 Å². The zero-order chi connectivity index (χ0) is 23.3. The third-order valence-corrected chi connectivity index (χ3v) is 5.99. The number of hydrogen-bond donors (Lipinski definition) is 2. The van der Waals surface area contributed by atoms with Crippen LogP contribution in [-0.4, -0.2) is 16.4 Å². The highest BCUT2D eigenvalue weighted by atomic mass is 31.2. The number of phosphoric acid groups is 1. The number of unbranched alkanes of at least 4 members (excludes halogenated alkanes) is 1. The highest BCUT2D eigenvalue weighted by Crippen LogP contribution is 2.48. The fourth-order valence-corrected chi connectivity index (χ4v) is 3.70. The summed E-state index contributed by atoms with van der Waals surface area (Å²) in [6, 6.07) is 7.02. The van der Waals surface area contributed by atoms with Crippen molar-refractivity contribution >= 4 is 16.1 Å². The number of ether oxygens (including phenoxy) is 1. The fraction of sp³-hybridized carbons (Fsp3) is 0.455. The zero-order valence-electron chi connectivity index (χ0n) is 18.6. The Hall–Kier alpha value is -1.59. The van der Waals surface area contributed by atoms with E-state index in [4.69, 9.17) is 19.0 Å². The minimum atomic E-state index is -4.86. The third kappa shape index (κ3) is 14.2. The standard InChI is InChI=1S/C22H32O7P2/c1-18(2)9-5-6-10-19(3)13-14-20(4)15-16-27-22-12-8-7-11-21(22)17-28-30(23)29-31(24,25)26/h7-12,15H,5-6,13-14,16-17H2,1-4H3,(H-,24,25,26)/p+1/b19-10+,20-15+.